The third kappa shape index (κ3) is 3.39. The third-order valence-corrected chi connectivity index (χ3v) is 4.90. The molecule has 0 spiro atoms. The number of methoxy groups -OCH3 is 1. The number of thioether (sulfide) groups is 1. The highest BCUT2D eigenvalue weighted by atomic mass is 32.2. The van der Waals surface area contributed by atoms with Crippen molar-refractivity contribution in [3.8, 4) is 6.07 Å². The monoisotopic (exact) mass is 270 g/mol. The van der Waals surface area contributed by atoms with Gasteiger partial charge in [-0.25, -0.2) is 0 Å². The Morgan fingerprint density at radius 3 is 2.44 bits per heavy atom. The second-order valence-corrected chi connectivity index (χ2v) is 6.65. The number of ether oxygens (including phenoxy) is 1. The highest BCUT2D eigenvalue weighted by Crippen LogP contribution is 2.34. The van der Waals surface area contributed by atoms with Gasteiger partial charge in [-0.3, -0.25) is 4.79 Å². The van der Waals surface area contributed by atoms with E-state index in [4.69, 9.17) is 4.74 Å². The molecule has 0 atom stereocenters. The van der Waals surface area contributed by atoms with Gasteiger partial charge in [0, 0.05) is 19.6 Å². The molecule has 1 saturated heterocycles. The molecule has 0 amide bonds. The Kier molecular flexibility index (Phi) is 5.06. The van der Waals surface area contributed by atoms with E-state index in [1.807, 2.05) is 20.1 Å². The molecule has 102 valence electrons. The van der Waals surface area contributed by atoms with Crippen molar-refractivity contribution in [2.75, 3.05) is 33.0 Å². The van der Waals surface area contributed by atoms with Crippen LogP contribution in [0.25, 0.3) is 0 Å². The minimum absolute atomic E-state index is 0.176. The van der Waals surface area contributed by atoms with E-state index in [0.717, 1.165) is 25.9 Å². The van der Waals surface area contributed by atoms with Crippen molar-refractivity contribution < 1.29 is 9.53 Å². The predicted octanol–water partition coefficient (Wildman–Crippen LogP) is 1.91. The Morgan fingerprint density at radius 1 is 1.50 bits per heavy atom. The SMILES string of the molecule is COC(=O)C(C)(C)CN1CCC(C#N)(SC)CC1. The summed E-state index contributed by atoms with van der Waals surface area (Å²) in [4.78, 5) is 13.9. The van der Waals surface area contributed by atoms with Crippen LogP contribution in [-0.2, 0) is 9.53 Å². The van der Waals surface area contributed by atoms with Crippen LogP contribution in [0.1, 0.15) is 26.7 Å². The minimum Gasteiger partial charge on any atom is -0.469 e. The molecule has 1 aliphatic heterocycles. The molecule has 0 aromatic heterocycles. The van der Waals surface area contributed by atoms with Crippen LogP contribution in [0, 0.1) is 16.7 Å². The number of piperidine rings is 1. The number of nitrogens with zero attached hydrogens (tertiary/aromatic N) is 2. The van der Waals surface area contributed by atoms with Crippen molar-refractivity contribution >= 4 is 17.7 Å². The van der Waals surface area contributed by atoms with Gasteiger partial charge in [0.05, 0.1) is 18.6 Å². The first-order valence-corrected chi connectivity index (χ1v) is 7.39. The van der Waals surface area contributed by atoms with E-state index < -0.39 is 5.41 Å². The molecule has 5 heteroatoms. The summed E-state index contributed by atoms with van der Waals surface area (Å²) < 4.78 is 4.59. The Labute approximate surface area is 114 Å². The summed E-state index contributed by atoms with van der Waals surface area (Å²) in [5.74, 6) is -0.176. The van der Waals surface area contributed by atoms with E-state index in [-0.39, 0.29) is 10.7 Å². The molecule has 0 saturated carbocycles. The molecule has 1 heterocycles. The lowest BCUT2D eigenvalue weighted by atomic mass is 9.90. The number of carbonyl (C=O) groups excluding carboxylic acids is 1. The Balaban J connectivity index is 2.55. The van der Waals surface area contributed by atoms with Crippen molar-refractivity contribution in [1.29, 1.82) is 5.26 Å². The van der Waals surface area contributed by atoms with Gasteiger partial charge in [-0.05, 0) is 32.9 Å². The molecular formula is C13H22N2O2S. The van der Waals surface area contributed by atoms with E-state index in [0.29, 0.717) is 6.54 Å². The topological polar surface area (TPSA) is 53.3 Å². The van der Waals surface area contributed by atoms with Gasteiger partial charge in [0.25, 0.3) is 0 Å². The molecule has 0 aromatic rings. The molecular weight excluding hydrogens is 248 g/mol. The van der Waals surface area contributed by atoms with Gasteiger partial charge in [0.15, 0.2) is 0 Å². The zero-order chi connectivity index (χ0) is 13.8. The number of likely N-dealkylation sites (tertiary alicyclic amines) is 1. The number of hydrogen-bond acceptors (Lipinski definition) is 5. The lowest BCUT2D eigenvalue weighted by Crippen LogP contribution is -2.47. The molecule has 0 N–H and O–H groups in total. The number of nitriles is 1. The molecule has 18 heavy (non-hydrogen) atoms. The Bertz CT molecular complexity index is 341. The van der Waals surface area contributed by atoms with Crippen molar-refractivity contribution in [3.63, 3.8) is 0 Å². The average Bonchev–Trinajstić information content (AvgIpc) is 2.38. The second kappa shape index (κ2) is 5.94. The summed E-state index contributed by atoms with van der Waals surface area (Å²) in [6.07, 6.45) is 3.72. The van der Waals surface area contributed by atoms with Gasteiger partial charge in [0.1, 0.15) is 4.75 Å². The molecule has 1 rings (SSSR count). The average molecular weight is 270 g/mol. The van der Waals surface area contributed by atoms with E-state index >= 15 is 0 Å². The van der Waals surface area contributed by atoms with Crippen LogP contribution in [0.15, 0.2) is 0 Å². The molecule has 1 aliphatic rings. The summed E-state index contributed by atoms with van der Waals surface area (Å²) in [6, 6.07) is 2.43. The summed E-state index contributed by atoms with van der Waals surface area (Å²) in [7, 11) is 1.43. The lowest BCUT2D eigenvalue weighted by molar-refractivity contribution is -0.152. The highest BCUT2D eigenvalue weighted by molar-refractivity contribution is 8.00. The Hall–Kier alpha value is -0.730. The molecule has 0 aliphatic carbocycles. The van der Waals surface area contributed by atoms with Gasteiger partial charge < -0.3 is 9.64 Å². The van der Waals surface area contributed by atoms with Gasteiger partial charge in [-0.2, -0.15) is 5.26 Å². The van der Waals surface area contributed by atoms with E-state index in [2.05, 4.69) is 11.0 Å². The number of hydrogen-bond donors (Lipinski definition) is 0. The normalized spacial score (nSPS) is 20.2. The number of esters is 1. The van der Waals surface area contributed by atoms with Crippen LogP contribution >= 0.6 is 11.8 Å². The molecule has 0 radical (unpaired) electrons. The van der Waals surface area contributed by atoms with Crippen LogP contribution in [0.4, 0.5) is 0 Å². The minimum atomic E-state index is -0.485. The zero-order valence-corrected chi connectivity index (χ0v) is 12.5. The third-order valence-electron chi connectivity index (χ3n) is 3.62. The first kappa shape index (κ1) is 15.3. The number of carbonyl (C=O) groups is 1. The molecule has 0 unspecified atom stereocenters. The molecule has 0 aromatic carbocycles. The van der Waals surface area contributed by atoms with E-state index in [1.165, 1.54) is 7.11 Å². The smallest absolute Gasteiger partial charge is 0.312 e. The lowest BCUT2D eigenvalue weighted by Gasteiger charge is -2.39. The first-order valence-electron chi connectivity index (χ1n) is 6.16. The van der Waals surface area contributed by atoms with Gasteiger partial charge in [-0.15, -0.1) is 11.8 Å². The summed E-state index contributed by atoms with van der Waals surface area (Å²) in [5, 5.41) is 9.22. The van der Waals surface area contributed by atoms with Crippen molar-refractivity contribution in [2.45, 2.75) is 31.4 Å². The maximum Gasteiger partial charge on any atom is 0.312 e. The van der Waals surface area contributed by atoms with Crippen LogP contribution in [-0.4, -0.2) is 48.6 Å². The van der Waals surface area contributed by atoms with Gasteiger partial charge >= 0.3 is 5.97 Å². The van der Waals surface area contributed by atoms with Gasteiger partial charge in [-0.1, -0.05) is 0 Å². The van der Waals surface area contributed by atoms with Crippen LogP contribution in [0.5, 0.6) is 0 Å². The molecule has 1 fully saturated rings. The highest BCUT2D eigenvalue weighted by Gasteiger charge is 2.37. The standard InChI is InChI=1S/C13H22N2O2S/c1-12(2,11(16)17-3)10-15-7-5-13(9-14,18-4)6-8-15/h5-8,10H2,1-4H3. The summed E-state index contributed by atoms with van der Waals surface area (Å²) in [5.41, 5.74) is -0.485. The Morgan fingerprint density at radius 2 is 2.06 bits per heavy atom. The quantitative estimate of drug-likeness (QED) is 0.730. The maximum atomic E-state index is 11.6. The first-order chi connectivity index (χ1) is 8.39. The fourth-order valence-corrected chi connectivity index (χ4v) is 3.02. The zero-order valence-electron chi connectivity index (χ0n) is 11.7. The fourth-order valence-electron chi connectivity index (χ4n) is 2.33. The van der Waals surface area contributed by atoms with Crippen LogP contribution in [0.2, 0.25) is 0 Å². The van der Waals surface area contributed by atoms with E-state index in [9.17, 15) is 10.1 Å². The summed E-state index contributed by atoms with van der Waals surface area (Å²) in [6.45, 7) is 6.23. The second-order valence-electron chi connectivity index (χ2n) is 5.46. The van der Waals surface area contributed by atoms with Gasteiger partial charge in [0.2, 0.25) is 0 Å². The van der Waals surface area contributed by atoms with Crippen molar-refractivity contribution in [1.82, 2.24) is 4.90 Å². The predicted molar refractivity (Wildman–Crippen MR) is 73.3 cm³/mol. The summed E-state index contributed by atoms with van der Waals surface area (Å²) >= 11 is 1.64. The fraction of sp³-hybridized carbons (Fsp3) is 0.846. The molecule has 4 nitrogen and oxygen atoms in total. The van der Waals surface area contributed by atoms with Crippen LogP contribution in [0.3, 0.4) is 0 Å². The van der Waals surface area contributed by atoms with Crippen LogP contribution < -0.4 is 0 Å². The largest absolute Gasteiger partial charge is 0.469 e. The van der Waals surface area contributed by atoms with Crippen molar-refractivity contribution in [2.24, 2.45) is 5.41 Å². The van der Waals surface area contributed by atoms with Crippen molar-refractivity contribution in [3.05, 3.63) is 0 Å². The maximum absolute atomic E-state index is 11.6. The molecule has 0 bridgehead atoms. The van der Waals surface area contributed by atoms with E-state index in [1.54, 1.807) is 11.8 Å². The number of rotatable bonds is 4.